The summed E-state index contributed by atoms with van der Waals surface area (Å²) in [6.45, 7) is 6.45. The lowest BCUT2D eigenvalue weighted by Gasteiger charge is -2.30. The zero-order valence-corrected chi connectivity index (χ0v) is 10.6. The normalized spacial score (nSPS) is 23.0. The molecule has 1 aliphatic heterocycles. The van der Waals surface area contributed by atoms with Crippen LogP contribution in [0, 0.1) is 6.92 Å². The number of hydrogen-bond acceptors (Lipinski definition) is 3. The van der Waals surface area contributed by atoms with Crippen molar-refractivity contribution in [2.24, 2.45) is 0 Å². The summed E-state index contributed by atoms with van der Waals surface area (Å²) >= 11 is 0. The summed E-state index contributed by atoms with van der Waals surface area (Å²) in [6, 6.07) is 6.40. The van der Waals surface area contributed by atoms with Gasteiger partial charge in [-0.05, 0) is 38.3 Å². The maximum absolute atomic E-state index is 11.7. The summed E-state index contributed by atoms with van der Waals surface area (Å²) in [5.74, 6) is -0.148. The smallest absolute Gasteiger partial charge is 0.323 e. The van der Waals surface area contributed by atoms with Gasteiger partial charge in [-0.3, -0.25) is 10.1 Å². The highest BCUT2D eigenvalue weighted by Gasteiger charge is 2.28. The first-order chi connectivity index (χ1) is 8.11. The van der Waals surface area contributed by atoms with E-state index in [1.54, 1.807) is 0 Å². The molecule has 0 saturated heterocycles. The summed E-state index contributed by atoms with van der Waals surface area (Å²) in [5.41, 5.74) is 3.80. The molecule has 0 aromatic heterocycles. The third-order valence-corrected chi connectivity index (χ3v) is 3.21. The summed E-state index contributed by atoms with van der Waals surface area (Å²) in [4.78, 5) is 11.7. The van der Waals surface area contributed by atoms with Crippen molar-refractivity contribution in [1.29, 1.82) is 0 Å². The fourth-order valence-electron chi connectivity index (χ4n) is 2.37. The molecule has 3 nitrogen and oxygen atoms in total. The number of carbonyl (C=O) groups excluding carboxylic acids is 1. The minimum atomic E-state index is -0.208. The van der Waals surface area contributed by atoms with Crippen molar-refractivity contribution in [3.05, 3.63) is 34.9 Å². The molecule has 2 atom stereocenters. The van der Waals surface area contributed by atoms with Crippen LogP contribution in [0.1, 0.15) is 36.6 Å². The van der Waals surface area contributed by atoms with Gasteiger partial charge in [0.1, 0.15) is 6.04 Å². The second-order valence-corrected chi connectivity index (χ2v) is 4.60. The Bertz CT molecular complexity index is 428. The van der Waals surface area contributed by atoms with Crippen molar-refractivity contribution >= 4 is 5.97 Å². The van der Waals surface area contributed by atoms with Crippen molar-refractivity contribution in [3.8, 4) is 0 Å². The Morgan fingerprint density at radius 3 is 3.00 bits per heavy atom. The molecule has 1 aliphatic rings. The van der Waals surface area contributed by atoms with Gasteiger partial charge in [0, 0.05) is 6.04 Å². The van der Waals surface area contributed by atoms with Crippen LogP contribution < -0.4 is 5.32 Å². The minimum absolute atomic E-state index is 0.148. The van der Waals surface area contributed by atoms with E-state index < -0.39 is 0 Å². The summed E-state index contributed by atoms with van der Waals surface area (Å²) in [5, 5.41) is 3.31. The van der Waals surface area contributed by atoms with Gasteiger partial charge in [-0.2, -0.15) is 0 Å². The van der Waals surface area contributed by atoms with Crippen LogP contribution in [0.15, 0.2) is 18.2 Å². The van der Waals surface area contributed by atoms with E-state index in [4.69, 9.17) is 4.74 Å². The van der Waals surface area contributed by atoms with Crippen LogP contribution in [0.4, 0.5) is 0 Å². The third-order valence-electron chi connectivity index (χ3n) is 3.21. The molecule has 0 fully saturated rings. The Morgan fingerprint density at radius 1 is 1.53 bits per heavy atom. The molecule has 1 N–H and O–H groups in total. The van der Waals surface area contributed by atoms with E-state index in [9.17, 15) is 4.79 Å². The van der Waals surface area contributed by atoms with Crippen LogP contribution in [-0.2, 0) is 16.0 Å². The molecule has 3 heteroatoms. The predicted molar refractivity (Wildman–Crippen MR) is 66.9 cm³/mol. The molecule has 92 valence electrons. The highest BCUT2D eigenvalue weighted by atomic mass is 16.5. The van der Waals surface area contributed by atoms with Crippen LogP contribution >= 0.6 is 0 Å². The average molecular weight is 233 g/mol. The van der Waals surface area contributed by atoms with Crippen LogP contribution in [-0.4, -0.2) is 18.6 Å². The topological polar surface area (TPSA) is 38.3 Å². The lowest BCUT2D eigenvalue weighted by atomic mass is 9.90. The van der Waals surface area contributed by atoms with Gasteiger partial charge >= 0.3 is 5.97 Å². The van der Waals surface area contributed by atoms with Crippen molar-refractivity contribution in [1.82, 2.24) is 5.32 Å². The van der Waals surface area contributed by atoms with E-state index in [1.165, 1.54) is 16.7 Å². The molecular formula is C14H19NO2. The monoisotopic (exact) mass is 233 g/mol. The van der Waals surface area contributed by atoms with Crippen LogP contribution in [0.25, 0.3) is 0 Å². The second kappa shape index (κ2) is 4.88. The quantitative estimate of drug-likeness (QED) is 0.795. The standard InChI is InChI=1S/C14H19NO2/c1-4-17-14(16)13-8-11-6-5-9(2)7-12(11)10(3)15-13/h5-7,10,13,15H,4,8H2,1-3H3. The van der Waals surface area contributed by atoms with Crippen LogP contribution in [0.5, 0.6) is 0 Å². The van der Waals surface area contributed by atoms with E-state index in [2.05, 4.69) is 37.4 Å². The maximum Gasteiger partial charge on any atom is 0.323 e. The number of ether oxygens (including phenoxy) is 1. The fourth-order valence-corrected chi connectivity index (χ4v) is 2.37. The van der Waals surface area contributed by atoms with Gasteiger partial charge < -0.3 is 4.74 Å². The van der Waals surface area contributed by atoms with Gasteiger partial charge in [0.2, 0.25) is 0 Å². The van der Waals surface area contributed by atoms with Crippen molar-refractivity contribution in [3.63, 3.8) is 0 Å². The van der Waals surface area contributed by atoms with Gasteiger partial charge in [-0.25, -0.2) is 0 Å². The first-order valence-electron chi connectivity index (χ1n) is 6.14. The maximum atomic E-state index is 11.7. The van der Waals surface area contributed by atoms with E-state index in [1.807, 2.05) is 6.92 Å². The SMILES string of the molecule is CCOC(=O)C1Cc2ccc(C)cc2C(C)N1. The molecule has 0 saturated carbocycles. The molecule has 1 heterocycles. The highest BCUT2D eigenvalue weighted by molar-refractivity contribution is 5.76. The number of hydrogen-bond donors (Lipinski definition) is 1. The molecule has 1 aromatic carbocycles. The van der Waals surface area contributed by atoms with Crippen LogP contribution in [0.3, 0.4) is 0 Å². The number of nitrogens with one attached hydrogen (secondary N) is 1. The zero-order valence-electron chi connectivity index (χ0n) is 10.6. The van der Waals surface area contributed by atoms with Gasteiger partial charge in [0.25, 0.3) is 0 Å². The van der Waals surface area contributed by atoms with Crippen molar-refractivity contribution in [2.45, 2.75) is 39.3 Å². The number of aryl methyl sites for hydroxylation is 1. The number of rotatable bonds is 2. The number of esters is 1. The Kier molecular flexibility index (Phi) is 3.48. The number of benzene rings is 1. The molecule has 0 aliphatic carbocycles. The second-order valence-electron chi connectivity index (χ2n) is 4.60. The molecule has 0 spiro atoms. The molecular weight excluding hydrogens is 214 g/mol. The third kappa shape index (κ3) is 2.50. The molecule has 1 aromatic rings. The van der Waals surface area contributed by atoms with Crippen molar-refractivity contribution < 1.29 is 9.53 Å². The predicted octanol–water partition coefficient (Wildman–Crippen LogP) is 2.13. The van der Waals surface area contributed by atoms with Crippen molar-refractivity contribution in [2.75, 3.05) is 6.61 Å². The Labute approximate surface area is 102 Å². The largest absolute Gasteiger partial charge is 0.465 e. The van der Waals surface area contributed by atoms with Crippen LogP contribution in [0.2, 0.25) is 0 Å². The molecule has 0 bridgehead atoms. The van der Waals surface area contributed by atoms with Gasteiger partial charge in [-0.15, -0.1) is 0 Å². The lowest BCUT2D eigenvalue weighted by molar-refractivity contribution is -0.146. The Morgan fingerprint density at radius 2 is 2.29 bits per heavy atom. The molecule has 2 rings (SSSR count). The summed E-state index contributed by atoms with van der Waals surface area (Å²) < 4.78 is 5.07. The summed E-state index contributed by atoms with van der Waals surface area (Å²) in [7, 11) is 0. The Hall–Kier alpha value is -1.35. The number of carbonyl (C=O) groups is 1. The van der Waals surface area contributed by atoms with Gasteiger partial charge in [-0.1, -0.05) is 23.8 Å². The molecule has 17 heavy (non-hydrogen) atoms. The zero-order chi connectivity index (χ0) is 12.4. The summed E-state index contributed by atoms with van der Waals surface area (Å²) in [6.07, 6.45) is 0.721. The first-order valence-corrected chi connectivity index (χ1v) is 6.14. The van der Waals surface area contributed by atoms with Gasteiger partial charge in [0.15, 0.2) is 0 Å². The first kappa shape index (κ1) is 12.1. The average Bonchev–Trinajstić information content (AvgIpc) is 2.30. The molecule has 0 amide bonds. The highest BCUT2D eigenvalue weighted by Crippen LogP contribution is 2.26. The molecule has 0 radical (unpaired) electrons. The Balaban J connectivity index is 2.21. The number of fused-ring (bicyclic) bond motifs is 1. The van der Waals surface area contributed by atoms with E-state index in [0.29, 0.717) is 6.61 Å². The minimum Gasteiger partial charge on any atom is -0.465 e. The van der Waals surface area contributed by atoms with E-state index in [-0.39, 0.29) is 18.1 Å². The van der Waals surface area contributed by atoms with E-state index in [0.717, 1.165) is 6.42 Å². The van der Waals surface area contributed by atoms with Gasteiger partial charge in [0.05, 0.1) is 6.61 Å². The fraction of sp³-hybridized carbons (Fsp3) is 0.500. The van der Waals surface area contributed by atoms with E-state index >= 15 is 0 Å². The molecule has 2 unspecified atom stereocenters. The lowest BCUT2D eigenvalue weighted by Crippen LogP contribution is -2.44.